The molecule has 0 aliphatic carbocycles. The Labute approximate surface area is 127 Å². The number of para-hydroxylation sites is 1. The summed E-state index contributed by atoms with van der Waals surface area (Å²) in [5.41, 5.74) is 2.28. The Morgan fingerprint density at radius 2 is 1.85 bits per heavy atom. The zero-order chi connectivity index (χ0) is 14.4. The van der Waals surface area contributed by atoms with Crippen molar-refractivity contribution in [2.75, 3.05) is 6.61 Å². The van der Waals surface area contributed by atoms with E-state index in [1.54, 1.807) is 0 Å². The summed E-state index contributed by atoms with van der Waals surface area (Å²) >= 11 is 3.37. The second-order valence-corrected chi connectivity index (χ2v) is 5.34. The van der Waals surface area contributed by atoms with Crippen molar-refractivity contribution in [1.82, 2.24) is 5.32 Å². The lowest BCUT2D eigenvalue weighted by Gasteiger charge is -2.09. The third-order valence-corrected chi connectivity index (χ3v) is 3.46. The molecule has 104 valence electrons. The maximum Gasteiger partial charge on any atom is 0.258 e. The van der Waals surface area contributed by atoms with E-state index in [-0.39, 0.29) is 12.5 Å². The highest BCUT2D eigenvalue weighted by atomic mass is 79.9. The molecule has 0 saturated heterocycles. The number of hydrogen-bond donors (Lipinski definition) is 1. The first-order valence-electron chi connectivity index (χ1n) is 6.35. The summed E-state index contributed by atoms with van der Waals surface area (Å²) in [6, 6.07) is 15.5. The van der Waals surface area contributed by atoms with Crippen molar-refractivity contribution in [3.63, 3.8) is 0 Å². The van der Waals surface area contributed by atoms with Crippen LogP contribution >= 0.6 is 15.9 Å². The minimum absolute atomic E-state index is 0.00841. The van der Waals surface area contributed by atoms with Crippen molar-refractivity contribution in [3.8, 4) is 5.75 Å². The predicted molar refractivity (Wildman–Crippen MR) is 82.7 cm³/mol. The van der Waals surface area contributed by atoms with E-state index in [0.717, 1.165) is 10.0 Å². The van der Waals surface area contributed by atoms with Crippen LogP contribution in [-0.4, -0.2) is 12.5 Å². The lowest BCUT2D eigenvalue weighted by molar-refractivity contribution is -0.123. The highest BCUT2D eigenvalue weighted by Crippen LogP contribution is 2.23. The molecule has 2 rings (SSSR count). The lowest BCUT2D eigenvalue weighted by Crippen LogP contribution is -2.28. The smallest absolute Gasteiger partial charge is 0.258 e. The van der Waals surface area contributed by atoms with Crippen LogP contribution in [0.2, 0.25) is 0 Å². The Kier molecular flexibility index (Phi) is 5.18. The Balaban J connectivity index is 1.78. The van der Waals surface area contributed by atoms with Gasteiger partial charge in [-0.15, -0.1) is 0 Å². The summed E-state index contributed by atoms with van der Waals surface area (Å²) in [6.07, 6.45) is 0. The number of amides is 1. The number of nitrogens with one attached hydrogen (secondary N) is 1. The molecular formula is C16H16BrNO2. The highest BCUT2D eigenvalue weighted by Gasteiger charge is 2.04. The van der Waals surface area contributed by atoms with E-state index in [2.05, 4.69) is 21.2 Å². The third-order valence-electron chi connectivity index (χ3n) is 2.81. The van der Waals surface area contributed by atoms with Gasteiger partial charge in [-0.3, -0.25) is 4.79 Å². The fourth-order valence-electron chi connectivity index (χ4n) is 1.66. The summed E-state index contributed by atoms with van der Waals surface area (Å²) in [5.74, 6) is 0.527. The topological polar surface area (TPSA) is 38.3 Å². The normalized spacial score (nSPS) is 10.1. The van der Waals surface area contributed by atoms with E-state index >= 15 is 0 Å². The molecule has 0 atom stereocenters. The summed E-state index contributed by atoms with van der Waals surface area (Å²) in [4.78, 5) is 11.7. The first-order valence-corrected chi connectivity index (χ1v) is 7.14. The number of carbonyl (C=O) groups is 1. The molecule has 0 aliphatic heterocycles. The molecule has 0 heterocycles. The van der Waals surface area contributed by atoms with Gasteiger partial charge in [0, 0.05) is 6.54 Å². The Hall–Kier alpha value is -1.81. The van der Waals surface area contributed by atoms with Crippen LogP contribution in [0, 0.1) is 6.92 Å². The Morgan fingerprint density at radius 1 is 1.15 bits per heavy atom. The van der Waals surface area contributed by atoms with Gasteiger partial charge in [-0.05, 0) is 40.5 Å². The van der Waals surface area contributed by atoms with E-state index in [0.29, 0.717) is 12.3 Å². The molecule has 0 unspecified atom stereocenters. The number of halogens is 1. The molecule has 0 radical (unpaired) electrons. The van der Waals surface area contributed by atoms with Crippen molar-refractivity contribution >= 4 is 21.8 Å². The fraction of sp³-hybridized carbons (Fsp3) is 0.188. The second kappa shape index (κ2) is 7.10. The molecule has 2 aromatic rings. The van der Waals surface area contributed by atoms with Crippen LogP contribution in [-0.2, 0) is 11.3 Å². The van der Waals surface area contributed by atoms with E-state index in [4.69, 9.17) is 4.74 Å². The van der Waals surface area contributed by atoms with Gasteiger partial charge in [0.25, 0.3) is 5.91 Å². The first kappa shape index (κ1) is 14.6. The molecule has 4 heteroatoms. The van der Waals surface area contributed by atoms with Gasteiger partial charge in [0.2, 0.25) is 0 Å². The minimum atomic E-state index is -0.138. The number of benzene rings is 2. The molecule has 0 aromatic heterocycles. The SMILES string of the molecule is Cc1ccc(CNC(=O)COc2ccccc2Br)cc1. The number of rotatable bonds is 5. The fourth-order valence-corrected chi connectivity index (χ4v) is 2.06. The van der Waals surface area contributed by atoms with Crippen molar-refractivity contribution in [3.05, 3.63) is 64.1 Å². The van der Waals surface area contributed by atoms with E-state index in [1.807, 2.05) is 55.5 Å². The lowest BCUT2D eigenvalue weighted by atomic mass is 10.1. The first-order chi connectivity index (χ1) is 9.65. The third kappa shape index (κ3) is 4.38. The Morgan fingerprint density at radius 3 is 2.55 bits per heavy atom. The molecule has 1 amide bonds. The maximum absolute atomic E-state index is 11.7. The van der Waals surface area contributed by atoms with Crippen LogP contribution in [0.3, 0.4) is 0 Å². The number of carbonyl (C=O) groups excluding carboxylic acids is 1. The molecule has 0 bridgehead atoms. The van der Waals surface area contributed by atoms with E-state index < -0.39 is 0 Å². The van der Waals surface area contributed by atoms with Gasteiger partial charge in [0.1, 0.15) is 5.75 Å². The van der Waals surface area contributed by atoms with Crippen molar-refractivity contribution in [1.29, 1.82) is 0 Å². The number of hydrogen-bond acceptors (Lipinski definition) is 2. The molecule has 0 spiro atoms. The zero-order valence-electron chi connectivity index (χ0n) is 11.2. The van der Waals surface area contributed by atoms with Crippen molar-refractivity contribution < 1.29 is 9.53 Å². The second-order valence-electron chi connectivity index (χ2n) is 4.48. The van der Waals surface area contributed by atoms with Gasteiger partial charge in [0.05, 0.1) is 4.47 Å². The van der Waals surface area contributed by atoms with Crippen molar-refractivity contribution in [2.45, 2.75) is 13.5 Å². The number of aryl methyl sites for hydroxylation is 1. The average Bonchev–Trinajstić information content (AvgIpc) is 2.46. The van der Waals surface area contributed by atoms with Crippen LogP contribution in [0.5, 0.6) is 5.75 Å². The molecule has 20 heavy (non-hydrogen) atoms. The summed E-state index contributed by atoms with van der Waals surface area (Å²) in [6.45, 7) is 2.56. The van der Waals surface area contributed by atoms with Crippen LogP contribution in [0.15, 0.2) is 53.0 Å². The van der Waals surface area contributed by atoms with E-state index in [9.17, 15) is 4.79 Å². The molecule has 0 aliphatic rings. The Bertz CT molecular complexity index is 581. The van der Waals surface area contributed by atoms with Crippen molar-refractivity contribution in [2.24, 2.45) is 0 Å². The monoisotopic (exact) mass is 333 g/mol. The molecule has 0 saturated carbocycles. The summed E-state index contributed by atoms with van der Waals surface area (Å²) in [7, 11) is 0. The number of ether oxygens (including phenoxy) is 1. The zero-order valence-corrected chi connectivity index (χ0v) is 12.8. The maximum atomic E-state index is 11.7. The molecule has 2 aromatic carbocycles. The highest BCUT2D eigenvalue weighted by molar-refractivity contribution is 9.10. The van der Waals surface area contributed by atoms with Crippen LogP contribution in [0.25, 0.3) is 0 Å². The summed E-state index contributed by atoms with van der Waals surface area (Å²) < 4.78 is 6.29. The van der Waals surface area contributed by atoms with Gasteiger partial charge in [-0.25, -0.2) is 0 Å². The molecule has 1 N–H and O–H groups in total. The average molecular weight is 334 g/mol. The quantitative estimate of drug-likeness (QED) is 0.910. The van der Waals surface area contributed by atoms with Gasteiger partial charge >= 0.3 is 0 Å². The van der Waals surface area contributed by atoms with Crippen LogP contribution in [0.4, 0.5) is 0 Å². The van der Waals surface area contributed by atoms with Crippen LogP contribution in [0.1, 0.15) is 11.1 Å². The largest absolute Gasteiger partial charge is 0.483 e. The standard InChI is InChI=1S/C16H16BrNO2/c1-12-6-8-13(9-7-12)10-18-16(19)11-20-15-5-3-2-4-14(15)17/h2-9H,10-11H2,1H3,(H,18,19). The van der Waals surface area contributed by atoms with E-state index in [1.165, 1.54) is 5.56 Å². The van der Waals surface area contributed by atoms with Gasteiger partial charge in [0.15, 0.2) is 6.61 Å². The van der Waals surface area contributed by atoms with Gasteiger partial charge in [-0.1, -0.05) is 42.0 Å². The van der Waals surface area contributed by atoms with Crippen LogP contribution < -0.4 is 10.1 Å². The van der Waals surface area contributed by atoms with Gasteiger partial charge in [-0.2, -0.15) is 0 Å². The minimum Gasteiger partial charge on any atom is -0.483 e. The molecular weight excluding hydrogens is 318 g/mol. The molecule has 0 fully saturated rings. The van der Waals surface area contributed by atoms with Gasteiger partial charge < -0.3 is 10.1 Å². The molecule has 3 nitrogen and oxygen atoms in total. The summed E-state index contributed by atoms with van der Waals surface area (Å²) in [5, 5.41) is 2.83. The predicted octanol–water partition coefficient (Wildman–Crippen LogP) is 3.45.